The van der Waals surface area contributed by atoms with Crippen LogP contribution in [0.15, 0.2) is 41.0 Å². The molecule has 0 atom stereocenters. The van der Waals surface area contributed by atoms with Crippen molar-refractivity contribution in [3.63, 3.8) is 0 Å². The fourth-order valence-electron chi connectivity index (χ4n) is 2.37. The number of benzene rings is 1. The molecular weight excluding hydrogens is 336 g/mol. The SMILES string of the molecule is CCc1cccc(C)c1NC(=O)COC(=O)CCNC(=O)c1ccco1. The number of para-hydroxylation sites is 1. The average molecular weight is 358 g/mol. The van der Waals surface area contributed by atoms with Crippen LogP contribution in [0.4, 0.5) is 5.69 Å². The van der Waals surface area contributed by atoms with Gasteiger partial charge in [0.1, 0.15) is 0 Å². The van der Waals surface area contributed by atoms with Gasteiger partial charge in [-0.3, -0.25) is 14.4 Å². The van der Waals surface area contributed by atoms with E-state index in [9.17, 15) is 14.4 Å². The lowest BCUT2D eigenvalue weighted by molar-refractivity contribution is -0.147. The summed E-state index contributed by atoms with van der Waals surface area (Å²) in [5, 5.41) is 5.31. The van der Waals surface area contributed by atoms with Gasteiger partial charge in [0.15, 0.2) is 12.4 Å². The third kappa shape index (κ3) is 5.47. The van der Waals surface area contributed by atoms with Crippen LogP contribution < -0.4 is 10.6 Å². The monoisotopic (exact) mass is 358 g/mol. The second kappa shape index (κ2) is 9.41. The van der Waals surface area contributed by atoms with E-state index >= 15 is 0 Å². The van der Waals surface area contributed by atoms with Crippen molar-refractivity contribution in [2.75, 3.05) is 18.5 Å². The number of esters is 1. The van der Waals surface area contributed by atoms with Crippen LogP contribution >= 0.6 is 0 Å². The lowest BCUT2D eigenvalue weighted by Crippen LogP contribution is -2.27. The Morgan fingerprint density at radius 3 is 2.65 bits per heavy atom. The number of amides is 2. The molecular formula is C19H22N2O5. The summed E-state index contributed by atoms with van der Waals surface area (Å²) in [5.41, 5.74) is 2.72. The van der Waals surface area contributed by atoms with E-state index in [1.165, 1.54) is 12.3 Å². The van der Waals surface area contributed by atoms with Crippen LogP contribution in [0.3, 0.4) is 0 Å². The average Bonchev–Trinajstić information content (AvgIpc) is 3.16. The highest BCUT2D eigenvalue weighted by Crippen LogP contribution is 2.20. The van der Waals surface area contributed by atoms with E-state index in [1.807, 2.05) is 32.0 Å². The molecule has 0 aliphatic carbocycles. The minimum Gasteiger partial charge on any atom is -0.459 e. The van der Waals surface area contributed by atoms with E-state index in [1.54, 1.807) is 6.07 Å². The van der Waals surface area contributed by atoms with Crippen LogP contribution in [0, 0.1) is 6.92 Å². The molecule has 0 radical (unpaired) electrons. The van der Waals surface area contributed by atoms with Crippen molar-refractivity contribution in [2.45, 2.75) is 26.7 Å². The number of anilines is 1. The molecule has 2 rings (SSSR count). The molecule has 0 aliphatic rings. The van der Waals surface area contributed by atoms with Gasteiger partial charge in [-0.05, 0) is 36.6 Å². The van der Waals surface area contributed by atoms with Gasteiger partial charge in [0, 0.05) is 12.2 Å². The maximum atomic E-state index is 12.0. The number of furan rings is 1. The van der Waals surface area contributed by atoms with Gasteiger partial charge in [-0.2, -0.15) is 0 Å². The van der Waals surface area contributed by atoms with Crippen molar-refractivity contribution in [3.05, 3.63) is 53.5 Å². The smallest absolute Gasteiger partial charge is 0.308 e. The molecule has 2 N–H and O–H groups in total. The number of carbonyl (C=O) groups is 3. The van der Waals surface area contributed by atoms with Crippen LogP contribution in [0.25, 0.3) is 0 Å². The molecule has 0 bridgehead atoms. The van der Waals surface area contributed by atoms with E-state index in [2.05, 4.69) is 10.6 Å². The molecule has 2 amide bonds. The molecule has 0 saturated carbocycles. The highest BCUT2D eigenvalue weighted by Gasteiger charge is 2.12. The predicted molar refractivity (Wildman–Crippen MR) is 95.8 cm³/mol. The molecule has 0 spiro atoms. The molecule has 26 heavy (non-hydrogen) atoms. The van der Waals surface area contributed by atoms with Crippen molar-refractivity contribution in [1.29, 1.82) is 0 Å². The third-order valence-electron chi connectivity index (χ3n) is 3.73. The second-order valence-corrected chi connectivity index (χ2v) is 5.65. The quantitative estimate of drug-likeness (QED) is 0.707. The van der Waals surface area contributed by atoms with Crippen molar-refractivity contribution in [3.8, 4) is 0 Å². The molecule has 7 nitrogen and oxygen atoms in total. The fraction of sp³-hybridized carbons (Fsp3) is 0.316. The van der Waals surface area contributed by atoms with Gasteiger partial charge in [0.25, 0.3) is 11.8 Å². The van der Waals surface area contributed by atoms with Gasteiger partial charge in [0.05, 0.1) is 12.7 Å². The van der Waals surface area contributed by atoms with E-state index in [-0.39, 0.29) is 25.3 Å². The fourth-order valence-corrected chi connectivity index (χ4v) is 2.37. The minimum atomic E-state index is -0.569. The Balaban J connectivity index is 1.72. The van der Waals surface area contributed by atoms with E-state index in [0.717, 1.165) is 23.2 Å². The van der Waals surface area contributed by atoms with Crippen LogP contribution in [-0.2, 0) is 20.7 Å². The summed E-state index contributed by atoms with van der Waals surface area (Å²) in [6.45, 7) is 3.63. The Morgan fingerprint density at radius 1 is 1.15 bits per heavy atom. The van der Waals surface area contributed by atoms with E-state index in [4.69, 9.17) is 9.15 Å². The Labute approximate surface area is 151 Å². The van der Waals surface area contributed by atoms with Crippen molar-refractivity contribution in [2.24, 2.45) is 0 Å². The molecule has 0 aliphatic heterocycles. The van der Waals surface area contributed by atoms with Gasteiger partial charge < -0.3 is 19.8 Å². The van der Waals surface area contributed by atoms with Crippen molar-refractivity contribution >= 4 is 23.5 Å². The summed E-state index contributed by atoms with van der Waals surface area (Å²) in [5.74, 6) is -1.21. The predicted octanol–water partition coefficient (Wildman–Crippen LogP) is 2.45. The van der Waals surface area contributed by atoms with Gasteiger partial charge in [-0.15, -0.1) is 0 Å². The first-order valence-corrected chi connectivity index (χ1v) is 8.37. The van der Waals surface area contributed by atoms with Gasteiger partial charge in [-0.25, -0.2) is 0 Å². The standard InChI is InChI=1S/C19H22N2O5/c1-3-14-7-4-6-13(2)18(14)21-16(22)12-26-17(23)9-10-20-19(24)15-8-5-11-25-15/h4-8,11H,3,9-10,12H2,1-2H3,(H,20,24)(H,21,22). The third-order valence-corrected chi connectivity index (χ3v) is 3.73. The summed E-state index contributed by atoms with van der Waals surface area (Å²) in [6, 6.07) is 8.90. The number of rotatable bonds is 8. The molecule has 0 saturated heterocycles. The Hall–Kier alpha value is -3.09. The number of hydrogen-bond donors (Lipinski definition) is 2. The van der Waals surface area contributed by atoms with E-state index in [0.29, 0.717) is 0 Å². The summed E-state index contributed by atoms with van der Waals surface area (Å²) in [7, 11) is 0. The molecule has 1 heterocycles. The number of carbonyl (C=O) groups excluding carboxylic acids is 3. The van der Waals surface area contributed by atoms with Gasteiger partial charge in [-0.1, -0.05) is 25.1 Å². The molecule has 7 heteroatoms. The van der Waals surface area contributed by atoms with E-state index < -0.39 is 17.8 Å². The molecule has 1 aromatic heterocycles. The lowest BCUT2D eigenvalue weighted by atomic mass is 10.1. The number of hydrogen-bond acceptors (Lipinski definition) is 5. The number of ether oxygens (including phenoxy) is 1. The van der Waals surface area contributed by atoms with Crippen LogP contribution in [0.1, 0.15) is 35.0 Å². The first-order valence-electron chi connectivity index (χ1n) is 8.37. The first kappa shape index (κ1) is 19.2. The Kier molecular flexibility index (Phi) is 6.96. The zero-order chi connectivity index (χ0) is 18.9. The van der Waals surface area contributed by atoms with Crippen molar-refractivity contribution in [1.82, 2.24) is 5.32 Å². The molecule has 138 valence electrons. The van der Waals surface area contributed by atoms with Gasteiger partial charge in [0.2, 0.25) is 0 Å². The normalized spacial score (nSPS) is 10.2. The molecule has 0 fully saturated rings. The summed E-state index contributed by atoms with van der Waals surface area (Å²) in [6.07, 6.45) is 2.14. The zero-order valence-electron chi connectivity index (χ0n) is 14.8. The zero-order valence-corrected chi connectivity index (χ0v) is 14.8. The van der Waals surface area contributed by atoms with Crippen molar-refractivity contribution < 1.29 is 23.5 Å². The number of nitrogens with one attached hydrogen (secondary N) is 2. The highest BCUT2D eigenvalue weighted by atomic mass is 16.5. The maximum Gasteiger partial charge on any atom is 0.308 e. The lowest BCUT2D eigenvalue weighted by Gasteiger charge is -2.13. The van der Waals surface area contributed by atoms with Crippen LogP contribution in [0.2, 0.25) is 0 Å². The molecule has 1 aromatic carbocycles. The first-order chi connectivity index (χ1) is 12.5. The Morgan fingerprint density at radius 2 is 1.96 bits per heavy atom. The Bertz CT molecular complexity index is 768. The largest absolute Gasteiger partial charge is 0.459 e. The molecule has 0 unspecified atom stereocenters. The highest BCUT2D eigenvalue weighted by molar-refractivity contribution is 5.94. The number of aryl methyl sites for hydroxylation is 2. The van der Waals surface area contributed by atoms with Crippen LogP contribution in [0.5, 0.6) is 0 Å². The van der Waals surface area contributed by atoms with Crippen LogP contribution in [-0.4, -0.2) is 30.9 Å². The maximum absolute atomic E-state index is 12.0. The summed E-state index contributed by atoms with van der Waals surface area (Å²) >= 11 is 0. The topological polar surface area (TPSA) is 97.6 Å². The minimum absolute atomic E-state index is 0.0374. The summed E-state index contributed by atoms with van der Waals surface area (Å²) < 4.78 is 9.87. The molecule has 2 aromatic rings. The summed E-state index contributed by atoms with van der Waals surface area (Å²) in [4.78, 5) is 35.3. The van der Waals surface area contributed by atoms with Gasteiger partial charge >= 0.3 is 5.97 Å². The second-order valence-electron chi connectivity index (χ2n) is 5.65.